The molecule has 19 heavy (non-hydrogen) atoms. The molecule has 5 heteroatoms. The minimum Gasteiger partial charge on any atom is -0.393 e. The van der Waals surface area contributed by atoms with Crippen LogP contribution in [0.2, 0.25) is 0 Å². The van der Waals surface area contributed by atoms with Gasteiger partial charge in [0.1, 0.15) is 18.0 Å². The van der Waals surface area contributed by atoms with E-state index < -0.39 is 0 Å². The molecule has 1 aliphatic rings. The van der Waals surface area contributed by atoms with Gasteiger partial charge in [-0.25, -0.2) is 9.97 Å². The lowest BCUT2D eigenvalue weighted by Crippen LogP contribution is -2.28. The number of aliphatic hydroxyl groups is 1. The van der Waals surface area contributed by atoms with Crippen LogP contribution >= 0.6 is 0 Å². The molecule has 3 N–H and O–H groups in total. The summed E-state index contributed by atoms with van der Waals surface area (Å²) in [7, 11) is 0. The quantitative estimate of drug-likeness (QED) is 0.761. The lowest BCUT2D eigenvalue weighted by Gasteiger charge is -2.26. The highest BCUT2D eigenvalue weighted by Gasteiger charge is 2.19. The van der Waals surface area contributed by atoms with Gasteiger partial charge in [0.05, 0.1) is 6.10 Å². The molecule has 0 amide bonds. The van der Waals surface area contributed by atoms with Gasteiger partial charge in [0.2, 0.25) is 0 Å². The van der Waals surface area contributed by atoms with E-state index in [0.717, 1.165) is 43.9 Å². The number of aliphatic hydroxyl groups excluding tert-OH is 1. The molecule has 1 aromatic rings. The van der Waals surface area contributed by atoms with Crippen molar-refractivity contribution in [3.63, 3.8) is 0 Å². The van der Waals surface area contributed by atoms with Crippen molar-refractivity contribution in [2.75, 3.05) is 17.2 Å². The van der Waals surface area contributed by atoms with Gasteiger partial charge in [0.25, 0.3) is 0 Å². The van der Waals surface area contributed by atoms with Gasteiger partial charge in [-0.2, -0.15) is 0 Å². The summed E-state index contributed by atoms with van der Waals surface area (Å²) in [5.41, 5.74) is 0. The molecule has 0 spiro atoms. The summed E-state index contributed by atoms with van der Waals surface area (Å²) in [5, 5.41) is 16.2. The van der Waals surface area contributed by atoms with E-state index in [4.69, 9.17) is 0 Å². The van der Waals surface area contributed by atoms with Gasteiger partial charge in [-0.05, 0) is 31.6 Å². The van der Waals surface area contributed by atoms with Crippen LogP contribution in [0.4, 0.5) is 11.6 Å². The minimum absolute atomic E-state index is 0.119. The van der Waals surface area contributed by atoms with Crippen molar-refractivity contribution < 1.29 is 5.11 Å². The van der Waals surface area contributed by atoms with Crippen LogP contribution in [0, 0.1) is 5.92 Å². The molecule has 0 bridgehead atoms. The number of anilines is 2. The zero-order chi connectivity index (χ0) is 13.7. The van der Waals surface area contributed by atoms with E-state index in [-0.39, 0.29) is 6.10 Å². The first-order valence-electron chi connectivity index (χ1n) is 7.14. The van der Waals surface area contributed by atoms with Crippen LogP contribution in [0.3, 0.4) is 0 Å². The molecule has 106 valence electrons. The second kappa shape index (κ2) is 6.70. The van der Waals surface area contributed by atoms with Crippen molar-refractivity contribution in [2.45, 2.75) is 51.7 Å². The molecule has 0 aromatic carbocycles. The van der Waals surface area contributed by atoms with E-state index >= 15 is 0 Å². The number of nitrogens with one attached hydrogen (secondary N) is 2. The standard InChI is InChI=1S/C14H24N4O/c1-10(2)8-15-13-7-14(17-9-16-13)18-11-3-5-12(19)6-4-11/h7,9-12,19H,3-6,8H2,1-2H3,(H2,15,16,17,18). The summed E-state index contributed by atoms with van der Waals surface area (Å²) in [6, 6.07) is 2.36. The maximum absolute atomic E-state index is 9.50. The number of rotatable bonds is 5. The number of nitrogens with zero attached hydrogens (tertiary/aromatic N) is 2. The second-order valence-corrected chi connectivity index (χ2v) is 5.71. The topological polar surface area (TPSA) is 70.1 Å². The summed E-state index contributed by atoms with van der Waals surface area (Å²) in [5.74, 6) is 2.32. The van der Waals surface area contributed by atoms with Gasteiger partial charge in [0, 0.05) is 18.7 Å². The molecule has 1 heterocycles. The molecule has 2 rings (SSSR count). The first-order chi connectivity index (χ1) is 9.13. The average molecular weight is 264 g/mol. The molecule has 0 unspecified atom stereocenters. The maximum atomic E-state index is 9.50. The Morgan fingerprint density at radius 2 is 1.89 bits per heavy atom. The third kappa shape index (κ3) is 4.67. The summed E-state index contributed by atoms with van der Waals surface area (Å²) in [4.78, 5) is 8.47. The third-order valence-corrected chi connectivity index (χ3v) is 3.41. The van der Waals surface area contributed by atoms with Crippen molar-refractivity contribution in [3.05, 3.63) is 12.4 Å². The van der Waals surface area contributed by atoms with Crippen molar-refractivity contribution >= 4 is 11.6 Å². The number of hydrogen-bond acceptors (Lipinski definition) is 5. The second-order valence-electron chi connectivity index (χ2n) is 5.71. The third-order valence-electron chi connectivity index (χ3n) is 3.41. The molecule has 0 radical (unpaired) electrons. The first kappa shape index (κ1) is 14.1. The number of hydrogen-bond donors (Lipinski definition) is 3. The normalized spacial score (nSPS) is 23.4. The summed E-state index contributed by atoms with van der Waals surface area (Å²) in [6.07, 6.45) is 5.22. The van der Waals surface area contributed by atoms with Gasteiger partial charge in [-0.15, -0.1) is 0 Å². The van der Waals surface area contributed by atoms with E-state index in [1.165, 1.54) is 0 Å². The molecular weight excluding hydrogens is 240 g/mol. The zero-order valence-corrected chi connectivity index (χ0v) is 11.8. The fourth-order valence-corrected chi connectivity index (χ4v) is 2.27. The monoisotopic (exact) mass is 264 g/mol. The highest BCUT2D eigenvalue weighted by Crippen LogP contribution is 2.21. The minimum atomic E-state index is -0.119. The first-order valence-corrected chi connectivity index (χ1v) is 7.14. The predicted octanol–water partition coefficient (Wildman–Crippen LogP) is 2.26. The highest BCUT2D eigenvalue weighted by molar-refractivity contribution is 5.46. The van der Waals surface area contributed by atoms with E-state index in [0.29, 0.717) is 12.0 Å². The maximum Gasteiger partial charge on any atom is 0.131 e. The van der Waals surface area contributed by atoms with Crippen LogP contribution in [0.15, 0.2) is 12.4 Å². The summed E-state index contributed by atoms with van der Waals surface area (Å²) < 4.78 is 0. The van der Waals surface area contributed by atoms with Crippen molar-refractivity contribution in [1.82, 2.24) is 9.97 Å². The summed E-state index contributed by atoms with van der Waals surface area (Å²) >= 11 is 0. The molecule has 1 saturated carbocycles. The van der Waals surface area contributed by atoms with Crippen LogP contribution in [-0.2, 0) is 0 Å². The molecule has 0 saturated heterocycles. The van der Waals surface area contributed by atoms with Crippen LogP contribution in [0.5, 0.6) is 0 Å². The average Bonchev–Trinajstić information content (AvgIpc) is 2.40. The smallest absolute Gasteiger partial charge is 0.131 e. The van der Waals surface area contributed by atoms with Crippen molar-refractivity contribution in [1.29, 1.82) is 0 Å². The van der Waals surface area contributed by atoms with Gasteiger partial charge < -0.3 is 15.7 Å². The Labute approximate surface area is 114 Å². The Bertz CT molecular complexity index is 389. The lowest BCUT2D eigenvalue weighted by molar-refractivity contribution is 0.126. The van der Waals surface area contributed by atoms with Crippen LogP contribution in [0.25, 0.3) is 0 Å². The SMILES string of the molecule is CC(C)CNc1cc(NC2CCC(O)CC2)ncn1. The molecular formula is C14H24N4O. The fourth-order valence-electron chi connectivity index (χ4n) is 2.27. The largest absolute Gasteiger partial charge is 0.393 e. The lowest BCUT2D eigenvalue weighted by atomic mass is 9.93. The van der Waals surface area contributed by atoms with Crippen molar-refractivity contribution in [3.8, 4) is 0 Å². The van der Waals surface area contributed by atoms with E-state index in [1.54, 1.807) is 6.33 Å². The fraction of sp³-hybridized carbons (Fsp3) is 0.714. The zero-order valence-electron chi connectivity index (χ0n) is 11.8. The summed E-state index contributed by atoms with van der Waals surface area (Å²) in [6.45, 7) is 5.24. The predicted molar refractivity (Wildman–Crippen MR) is 77.2 cm³/mol. The van der Waals surface area contributed by atoms with E-state index in [1.807, 2.05) is 6.07 Å². The highest BCUT2D eigenvalue weighted by atomic mass is 16.3. The molecule has 1 aromatic heterocycles. The molecule has 0 atom stereocenters. The molecule has 5 nitrogen and oxygen atoms in total. The Kier molecular flexibility index (Phi) is 4.96. The van der Waals surface area contributed by atoms with Crippen molar-refractivity contribution in [2.24, 2.45) is 5.92 Å². The molecule has 1 aliphatic carbocycles. The molecule has 0 aliphatic heterocycles. The van der Waals surface area contributed by atoms with Gasteiger partial charge in [-0.1, -0.05) is 13.8 Å². The Morgan fingerprint density at radius 1 is 1.21 bits per heavy atom. The Balaban J connectivity index is 1.88. The molecule has 1 fully saturated rings. The number of aromatic nitrogens is 2. The Hall–Kier alpha value is -1.36. The van der Waals surface area contributed by atoms with Crippen LogP contribution in [-0.4, -0.2) is 33.8 Å². The van der Waals surface area contributed by atoms with Crippen LogP contribution < -0.4 is 10.6 Å². The van der Waals surface area contributed by atoms with Gasteiger partial charge in [0.15, 0.2) is 0 Å². The van der Waals surface area contributed by atoms with E-state index in [2.05, 4.69) is 34.4 Å². The Morgan fingerprint density at radius 3 is 2.58 bits per heavy atom. The van der Waals surface area contributed by atoms with Gasteiger partial charge in [-0.3, -0.25) is 0 Å². The van der Waals surface area contributed by atoms with Gasteiger partial charge >= 0.3 is 0 Å². The van der Waals surface area contributed by atoms with E-state index in [9.17, 15) is 5.11 Å². The van der Waals surface area contributed by atoms with Crippen LogP contribution in [0.1, 0.15) is 39.5 Å².